The Labute approximate surface area is 137 Å². The standard InChI is InChI=1S/C16H16N2O6/c19-14(20)7-8-15(21)24-10-2-3-11-5-6-13(18(22)23)12-4-1-9-17-16(11)12/h1,4-6,9H,2-3,7-8,10H2,(H,19,20). The molecule has 0 bridgehead atoms. The molecule has 2 aromatic rings. The molecule has 2 rings (SSSR count). The lowest BCUT2D eigenvalue weighted by Crippen LogP contribution is -2.09. The lowest BCUT2D eigenvalue weighted by Gasteiger charge is -2.07. The molecule has 8 heteroatoms. The number of carbonyl (C=O) groups is 2. The number of aliphatic carboxylic acids is 1. The molecule has 0 saturated heterocycles. The van der Waals surface area contributed by atoms with Crippen LogP contribution in [0.3, 0.4) is 0 Å². The van der Waals surface area contributed by atoms with Gasteiger partial charge < -0.3 is 9.84 Å². The molecule has 8 nitrogen and oxygen atoms in total. The van der Waals surface area contributed by atoms with Crippen molar-refractivity contribution in [3.63, 3.8) is 0 Å². The van der Waals surface area contributed by atoms with Crippen LogP contribution in [0.25, 0.3) is 10.9 Å². The van der Waals surface area contributed by atoms with Gasteiger partial charge in [0.05, 0.1) is 35.3 Å². The molecule has 1 N–H and O–H groups in total. The molecule has 0 aliphatic carbocycles. The molecule has 1 aromatic heterocycles. The van der Waals surface area contributed by atoms with Crippen molar-refractivity contribution in [1.82, 2.24) is 4.98 Å². The molecule has 126 valence electrons. The van der Waals surface area contributed by atoms with Crippen LogP contribution in [0.15, 0.2) is 30.5 Å². The Hall–Kier alpha value is -3.03. The number of carboxylic acids is 1. The van der Waals surface area contributed by atoms with E-state index in [1.54, 1.807) is 24.4 Å². The SMILES string of the molecule is O=C(O)CCC(=O)OCCCc1ccc([N+](=O)[O-])c2cccnc12. The summed E-state index contributed by atoms with van der Waals surface area (Å²) >= 11 is 0. The number of nitrogens with zero attached hydrogens (tertiary/aromatic N) is 2. The fourth-order valence-corrected chi connectivity index (χ4v) is 2.31. The molecule has 0 aliphatic rings. The minimum Gasteiger partial charge on any atom is -0.481 e. The Morgan fingerprint density at radius 1 is 1.25 bits per heavy atom. The normalized spacial score (nSPS) is 10.5. The number of carboxylic acid groups (broad SMARTS) is 1. The second-order valence-electron chi connectivity index (χ2n) is 5.12. The number of aryl methyl sites for hydroxylation is 1. The van der Waals surface area contributed by atoms with Gasteiger partial charge in [-0.1, -0.05) is 6.07 Å². The highest BCUT2D eigenvalue weighted by molar-refractivity contribution is 5.90. The number of aromatic nitrogens is 1. The van der Waals surface area contributed by atoms with Crippen LogP contribution in [0.1, 0.15) is 24.8 Å². The summed E-state index contributed by atoms with van der Waals surface area (Å²) in [5.74, 6) is -1.60. The fraction of sp³-hybridized carbons (Fsp3) is 0.312. The van der Waals surface area contributed by atoms with Crippen molar-refractivity contribution < 1.29 is 24.4 Å². The van der Waals surface area contributed by atoms with Crippen LogP contribution in [0, 0.1) is 10.1 Å². The quantitative estimate of drug-likeness (QED) is 0.341. The number of hydrogen-bond acceptors (Lipinski definition) is 6. The molecular formula is C16H16N2O6. The van der Waals surface area contributed by atoms with E-state index in [2.05, 4.69) is 4.98 Å². The van der Waals surface area contributed by atoms with E-state index < -0.39 is 16.9 Å². The second-order valence-corrected chi connectivity index (χ2v) is 5.12. The Kier molecular flexibility index (Phi) is 5.78. The summed E-state index contributed by atoms with van der Waals surface area (Å²) in [6.45, 7) is 0.157. The van der Waals surface area contributed by atoms with Gasteiger partial charge in [0.1, 0.15) is 0 Å². The van der Waals surface area contributed by atoms with Crippen LogP contribution < -0.4 is 0 Å². The van der Waals surface area contributed by atoms with Crippen molar-refractivity contribution in [1.29, 1.82) is 0 Å². The van der Waals surface area contributed by atoms with Crippen LogP contribution in [0.2, 0.25) is 0 Å². The Bertz CT molecular complexity index is 774. The van der Waals surface area contributed by atoms with Gasteiger partial charge in [-0.05, 0) is 30.5 Å². The second kappa shape index (κ2) is 8.00. The molecule has 24 heavy (non-hydrogen) atoms. The number of carbonyl (C=O) groups excluding carboxylic acids is 1. The van der Waals surface area contributed by atoms with Gasteiger partial charge in [-0.3, -0.25) is 24.7 Å². The lowest BCUT2D eigenvalue weighted by atomic mass is 10.0. The van der Waals surface area contributed by atoms with Gasteiger partial charge >= 0.3 is 11.9 Å². The maximum atomic E-state index is 11.3. The molecular weight excluding hydrogens is 316 g/mol. The van der Waals surface area contributed by atoms with E-state index in [-0.39, 0.29) is 25.1 Å². The third kappa shape index (κ3) is 4.48. The molecule has 1 heterocycles. The number of pyridine rings is 1. The highest BCUT2D eigenvalue weighted by Gasteiger charge is 2.14. The van der Waals surface area contributed by atoms with E-state index in [0.717, 1.165) is 5.56 Å². The highest BCUT2D eigenvalue weighted by Crippen LogP contribution is 2.27. The molecule has 0 fully saturated rings. The Morgan fingerprint density at radius 2 is 2.04 bits per heavy atom. The maximum absolute atomic E-state index is 11.3. The van der Waals surface area contributed by atoms with E-state index >= 15 is 0 Å². The minimum atomic E-state index is -1.05. The van der Waals surface area contributed by atoms with Gasteiger partial charge in [-0.15, -0.1) is 0 Å². The van der Waals surface area contributed by atoms with E-state index in [0.29, 0.717) is 23.7 Å². The highest BCUT2D eigenvalue weighted by atomic mass is 16.6. The molecule has 1 aromatic carbocycles. The first-order valence-electron chi connectivity index (χ1n) is 7.37. The Balaban J connectivity index is 1.96. The molecule has 0 atom stereocenters. The monoisotopic (exact) mass is 332 g/mol. The first kappa shape index (κ1) is 17.3. The zero-order chi connectivity index (χ0) is 17.5. The van der Waals surface area contributed by atoms with Crippen LogP contribution in [0.4, 0.5) is 5.69 Å². The van der Waals surface area contributed by atoms with Gasteiger partial charge in [0, 0.05) is 12.3 Å². The minimum absolute atomic E-state index is 0.00180. The molecule has 0 aliphatic heterocycles. The van der Waals surface area contributed by atoms with Crippen LogP contribution in [0.5, 0.6) is 0 Å². The molecule has 0 spiro atoms. The van der Waals surface area contributed by atoms with Gasteiger partial charge in [0.15, 0.2) is 0 Å². The van der Waals surface area contributed by atoms with Crippen molar-refractivity contribution in [3.05, 3.63) is 46.1 Å². The van der Waals surface area contributed by atoms with Gasteiger partial charge in [-0.25, -0.2) is 0 Å². The number of hydrogen-bond donors (Lipinski definition) is 1. The van der Waals surface area contributed by atoms with Crippen molar-refractivity contribution in [2.24, 2.45) is 0 Å². The third-order valence-corrected chi connectivity index (χ3v) is 3.42. The average molecular weight is 332 g/mol. The van der Waals surface area contributed by atoms with Crippen molar-refractivity contribution in [2.45, 2.75) is 25.7 Å². The lowest BCUT2D eigenvalue weighted by molar-refractivity contribution is -0.383. The Morgan fingerprint density at radius 3 is 2.75 bits per heavy atom. The summed E-state index contributed by atoms with van der Waals surface area (Å²) in [6.07, 6.45) is 2.22. The number of non-ortho nitro benzene ring substituents is 1. The molecule has 0 amide bonds. The number of nitro groups is 1. The number of benzene rings is 1. The zero-order valence-electron chi connectivity index (χ0n) is 12.8. The summed E-state index contributed by atoms with van der Waals surface area (Å²) in [7, 11) is 0. The molecule has 0 radical (unpaired) electrons. The predicted octanol–water partition coefficient (Wildman–Crippen LogP) is 2.48. The molecule has 0 saturated carbocycles. The van der Waals surface area contributed by atoms with Crippen molar-refractivity contribution in [3.8, 4) is 0 Å². The predicted molar refractivity (Wildman–Crippen MR) is 84.5 cm³/mol. The summed E-state index contributed by atoms with van der Waals surface area (Å²) < 4.78 is 4.96. The summed E-state index contributed by atoms with van der Waals surface area (Å²) in [5.41, 5.74) is 1.39. The summed E-state index contributed by atoms with van der Waals surface area (Å²) in [4.78, 5) is 36.5. The van der Waals surface area contributed by atoms with Gasteiger partial charge in [0.2, 0.25) is 0 Å². The fourth-order valence-electron chi connectivity index (χ4n) is 2.31. The zero-order valence-corrected chi connectivity index (χ0v) is 12.8. The summed E-state index contributed by atoms with van der Waals surface area (Å²) in [6, 6.07) is 6.39. The maximum Gasteiger partial charge on any atom is 0.306 e. The first-order chi connectivity index (χ1) is 11.5. The van der Waals surface area contributed by atoms with Gasteiger partial charge in [-0.2, -0.15) is 0 Å². The van der Waals surface area contributed by atoms with E-state index in [1.807, 2.05) is 0 Å². The molecule has 0 unspecified atom stereocenters. The topological polar surface area (TPSA) is 120 Å². The number of ether oxygens (including phenoxy) is 1. The van der Waals surface area contributed by atoms with Crippen molar-refractivity contribution in [2.75, 3.05) is 6.61 Å². The number of fused-ring (bicyclic) bond motifs is 1. The van der Waals surface area contributed by atoms with Crippen LogP contribution in [-0.2, 0) is 20.7 Å². The number of esters is 1. The average Bonchev–Trinajstić information content (AvgIpc) is 2.56. The number of nitro benzene ring substituents is 1. The first-order valence-corrected chi connectivity index (χ1v) is 7.37. The summed E-state index contributed by atoms with van der Waals surface area (Å²) in [5, 5.41) is 20.0. The van der Waals surface area contributed by atoms with Crippen molar-refractivity contribution >= 4 is 28.5 Å². The largest absolute Gasteiger partial charge is 0.481 e. The number of rotatable bonds is 8. The van der Waals surface area contributed by atoms with Crippen LogP contribution >= 0.6 is 0 Å². The van der Waals surface area contributed by atoms with E-state index in [4.69, 9.17) is 9.84 Å². The van der Waals surface area contributed by atoms with Gasteiger partial charge in [0.25, 0.3) is 5.69 Å². The smallest absolute Gasteiger partial charge is 0.306 e. The van der Waals surface area contributed by atoms with Crippen LogP contribution in [-0.4, -0.2) is 33.6 Å². The van der Waals surface area contributed by atoms with E-state index in [1.165, 1.54) is 6.07 Å². The third-order valence-electron chi connectivity index (χ3n) is 3.42. The van der Waals surface area contributed by atoms with E-state index in [9.17, 15) is 19.7 Å².